The molecular formula is C17H21F2N3O. The molecule has 1 aliphatic heterocycles. The van der Waals surface area contributed by atoms with Crippen LogP contribution in [0.15, 0.2) is 30.5 Å². The van der Waals surface area contributed by atoms with Crippen LogP contribution in [-0.2, 0) is 13.1 Å². The molecule has 1 aromatic carbocycles. The number of aliphatic hydroxyl groups is 1. The zero-order valence-electron chi connectivity index (χ0n) is 13.0. The van der Waals surface area contributed by atoms with Crippen LogP contribution in [0.4, 0.5) is 8.78 Å². The van der Waals surface area contributed by atoms with Crippen molar-refractivity contribution in [1.82, 2.24) is 14.7 Å². The summed E-state index contributed by atoms with van der Waals surface area (Å²) in [5.41, 5.74) is 1.97. The maximum Gasteiger partial charge on any atom is 0.159 e. The zero-order chi connectivity index (χ0) is 16.2. The molecule has 0 saturated carbocycles. The van der Waals surface area contributed by atoms with E-state index >= 15 is 0 Å². The Hall–Kier alpha value is -1.79. The van der Waals surface area contributed by atoms with Crippen LogP contribution in [0.1, 0.15) is 30.0 Å². The molecule has 0 radical (unpaired) electrons. The Kier molecular flexibility index (Phi) is 5.03. The maximum absolute atomic E-state index is 13.3. The summed E-state index contributed by atoms with van der Waals surface area (Å²) in [6.45, 7) is 3.07. The van der Waals surface area contributed by atoms with Gasteiger partial charge in [0.1, 0.15) is 0 Å². The normalized spacial score (nSPS) is 16.8. The lowest BCUT2D eigenvalue weighted by Crippen LogP contribution is -2.33. The Labute approximate surface area is 134 Å². The molecule has 1 N–H and O–H groups in total. The standard InChI is InChI=1S/C17H21F2N3O/c18-15-2-1-13(11-16(15)19)12-21-7-4-14(5-8-21)17-3-6-20-22(17)9-10-23/h1-3,6,11,14,23H,4-5,7-10,12H2. The molecule has 0 spiro atoms. The fourth-order valence-corrected chi connectivity index (χ4v) is 3.25. The number of aromatic nitrogens is 2. The quantitative estimate of drug-likeness (QED) is 0.920. The molecule has 3 rings (SSSR count). The van der Waals surface area contributed by atoms with E-state index in [1.807, 2.05) is 10.7 Å². The minimum atomic E-state index is -0.801. The van der Waals surface area contributed by atoms with Crippen LogP contribution in [0.5, 0.6) is 0 Å². The topological polar surface area (TPSA) is 41.3 Å². The van der Waals surface area contributed by atoms with Crippen molar-refractivity contribution in [3.63, 3.8) is 0 Å². The molecule has 2 heterocycles. The Morgan fingerprint density at radius 1 is 1.13 bits per heavy atom. The number of benzene rings is 1. The number of rotatable bonds is 5. The second-order valence-corrected chi connectivity index (χ2v) is 6.00. The van der Waals surface area contributed by atoms with Crippen molar-refractivity contribution in [2.75, 3.05) is 19.7 Å². The highest BCUT2D eigenvalue weighted by molar-refractivity contribution is 5.18. The number of likely N-dealkylation sites (tertiary alicyclic amines) is 1. The third-order valence-corrected chi connectivity index (χ3v) is 4.46. The van der Waals surface area contributed by atoms with Gasteiger partial charge in [0.2, 0.25) is 0 Å². The first-order chi connectivity index (χ1) is 11.2. The molecule has 1 saturated heterocycles. The predicted molar refractivity (Wildman–Crippen MR) is 82.9 cm³/mol. The van der Waals surface area contributed by atoms with Gasteiger partial charge in [0, 0.05) is 24.4 Å². The SMILES string of the molecule is OCCn1nccc1C1CCN(Cc2ccc(F)c(F)c2)CC1. The van der Waals surface area contributed by atoms with Crippen molar-refractivity contribution in [3.8, 4) is 0 Å². The van der Waals surface area contributed by atoms with E-state index in [1.54, 1.807) is 12.3 Å². The Morgan fingerprint density at radius 3 is 2.61 bits per heavy atom. The molecule has 1 aromatic heterocycles. The van der Waals surface area contributed by atoms with E-state index in [9.17, 15) is 8.78 Å². The van der Waals surface area contributed by atoms with E-state index in [0.717, 1.165) is 31.5 Å². The molecule has 0 unspecified atom stereocenters. The van der Waals surface area contributed by atoms with Crippen molar-refractivity contribution in [3.05, 3.63) is 53.4 Å². The summed E-state index contributed by atoms with van der Waals surface area (Å²) in [5.74, 6) is -1.15. The fourth-order valence-electron chi connectivity index (χ4n) is 3.25. The average Bonchev–Trinajstić information content (AvgIpc) is 3.00. The van der Waals surface area contributed by atoms with Crippen LogP contribution in [0.3, 0.4) is 0 Å². The molecule has 2 aromatic rings. The van der Waals surface area contributed by atoms with Gasteiger partial charge in [-0.1, -0.05) is 6.07 Å². The molecule has 4 nitrogen and oxygen atoms in total. The third kappa shape index (κ3) is 3.76. The van der Waals surface area contributed by atoms with Crippen LogP contribution in [0.25, 0.3) is 0 Å². The first-order valence-corrected chi connectivity index (χ1v) is 7.96. The van der Waals surface area contributed by atoms with Gasteiger partial charge in [-0.25, -0.2) is 8.78 Å². The van der Waals surface area contributed by atoms with Crippen LogP contribution in [-0.4, -0.2) is 39.5 Å². The highest BCUT2D eigenvalue weighted by atomic mass is 19.2. The lowest BCUT2D eigenvalue weighted by molar-refractivity contribution is 0.198. The van der Waals surface area contributed by atoms with Crippen LogP contribution >= 0.6 is 0 Å². The molecule has 1 fully saturated rings. The van der Waals surface area contributed by atoms with Gasteiger partial charge >= 0.3 is 0 Å². The minimum absolute atomic E-state index is 0.0870. The molecule has 0 amide bonds. The van der Waals surface area contributed by atoms with E-state index in [0.29, 0.717) is 19.0 Å². The first kappa shape index (κ1) is 16.1. The molecule has 0 bridgehead atoms. The summed E-state index contributed by atoms with van der Waals surface area (Å²) in [5, 5.41) is 13.3. The van der Waals surface area contributed by atoms with Gasteiger partial charge in [0.25, 0.3) is 0 Å². The second kappa shape index (κ2) is 7.19. The van der Waals surface area contributed by atoms with Gasteiger partial charge in [0.15, 0.2) is 11.6 Å². The van der Waals surface area contributed by atoms with Gasteiger partial charge in [-0.3, -0.25) is 9.58 Å². The molecule has 0 atom stereocenters. The number of hydrogen-bond donors (Lipinski definition) is 1. The Bertz CT molecular complexity index is 651. The van der Waals surface area contributed by atoms with E-state index in [2.05, 4.69) is 10.00 Å². The van der Waals surface area contributed by atoms with E-state index < -0.39 is 11.6 Å². The summed E-state index contributed by atoms with van der Waals surface area (Å²) < 4.78 is 28.1. The summed E-state index contributed by atoms with van der Waals surface area (Å²) in [6.07, 6.45) is 3.78. The Morgan fingerprint density at radius 2 is 1.91 bits per heavy atom. The second-order valence-electron chi connectivity index (χ2n) is 6.00. The lowest BCUT2D eigenvalue weighted by atomic mass is 9.93. The summed E-state index contributed by atoms with van der Waals surface area (Å²) in [7, 11) is 0. The van der Waals surface area contributed by atoms with Crippen LogP contribution < -0.4 is 0 Å². The number of halogens is 2. The van der Waals surface area contributed by atoms with Gasteiger partial charge in [0.05, 0.1) is 13.2 Å². The molecule has 0 aliphatic carbocycles. The predicted octanol–water partition coefficient (Wildman–Crippen LogP) is 2.53. The minimum Gasteiger partial charge on any atom is -0.394 e. The number of nitrogens with zero attached hydrogens (tertiary/aromatic N) is 3. The van der Waals surface area contributed by atoms with Gasteiger partial charge in [-0.2, -0.15) is 5.10 Å². The highest BCUT2D eigenvalue weighted by Gasteiger charge is 2.23. The van der Waals surface area contributed by atoms with Crippen molar-refractivity contribution >= 4 is 0 Å². The van der Waals surface area contributed by atoms with E-state index in [4.69, 9.17) is 5.11 Å². The zero-order valence-corrected chi connectivity index (χ0v) is 13.0. The molecular weight excluding hydrogens is 300 g/mol. The highest BCUT2D eigenvalue weighted by Crippen LogP contribution is 2.28. The fraction of sp³-hybridized carbons (Fsp3) is 0.471. The van der Waals surface area contributed by atoms with Crippen LogP contribution in [0.2, 0.25) is 0 Å². The van der Waals surface area contributed by atoms with Crippen LogP contribution in [0, 0.1) is 11.6 Å². The summed E-state index contributed by atoms with van der Waals surface area (Å²) in [6, 6.07) is 6.12. The largest absolute Gasteiger partial charge is 0.394 e. The molecule has 23 heavy (non-hydrogen) atoms. The van der Waals surface area contributed by atoms with Crippen molar-refractivity contribution in [2.24, 2.45) is 0 Å². The van der Waals surface area contributed by atoms with E-state index in [-0.39, 0.29) is 6.61 Å². The third-order valence-electron chi connectivity index (χ3n) is 4.46. The molecule has 1 aliphatic rings. The maximum atomic E-state index is 13.3. The number of piperidine rings is 1. The van der Waals surface area contributed by atoms with Gasteiger partial charge in [-0.05, 0) is 49.7 Å². The molecule has 6 heteroatoms. The molecule has 124 valence electrons. The summed E-state index contributed by atoms with van der Waals surface area (Å²) in [4.78, 5) is 2.26. The Balaban J connectivity index is 1.57. The van der Waals surface area contributed by atoms with Crippen molar-refractivity contribution < 1.29 is 13.9 Å². The average molecular weight is 321 g/mol. The number of hydrogen-bond acceptors (Lipinski definition) is 3. The van der Waals surface area contributed by atoms with E-state index in [1.165, 1.54) is 17.8 Å². The van der Waals surface area contributed by atoms with Crippen molar-refractivity contribution in [2.45, 2.75) is 31.8 Å². The first-order valence-electron chi connectivity index (χ1n) is 7.96. The smallest absolute Gasteiger partial charge is 0.159 e. The monoisotopic (exact) mass is 321 g/mol. The van der Waals surface area contributed by atoms with Gasteiger partial charge in [-0.15, -0.1) is 0 Å². The van der Waals surface area contributed by atoms with Gasteiger partial charge < -0.3 is 5.11 Å². The van der Waals surface area contributed by atoms with Crippen molar-refractivity contribution in [1.29, 1.82) is 0 Å². The summed E-state index contributed by atoms with van der Waals surface area (Å²) >= 11 is 0. The number of aliphatic hydroxyl groups excluding tert-OH is 1. The lowest BCUT2D eigenvalue weighted by Gasteiger charge is -2.32.